The first-order chi connectivity index (χ1) is 8.94. The number of esters is 1. The number of nitrogens with zero attached hydrogens (tertiary/aromatic N) is 1. The van der Waals surface area contributed by atoms with Crippen molar-refractivity contribution < 1.29 is 14.3 Å². The molecule has 2 heterocycles. The Morgan fingerprint density at radius 2 is 2.16 bits per heavy atom. The highest BCUT2D eigenvalue weighted by Crippen LogP contribution is 2.48. The Morgan fingerprint density at radius 1 is 1.42 bits per heavy atom. The fourth-order valence-corrected chi connectivity index (χ4v) is 3.29. The zero-order valence-electron chi connectivity index (χ0n) is 11.8. The molecule has 0 saturated heterocycles. The summed E-state index contributed by atoms with van der Waals surface area (Å²) < 4.78 is 10.6. The summed E-state index contributed by atoms with van der Waals surface area (Å²) in [6, 6.07) is 3.83. The van der Waals surface area contributed by atoms with Gasteiger partial charge in [-0.15, -0.1) is 0 Å². The Labute approximate surface area is 113 Å². The van der Waals surface area contributed by atoms with E-state index < -0.39 is 0 Å². The van der Waals surface area contributed by atoms with E-state index in [1.54, 1.807) is 13.2 Å². The predicted octanol–water partition coefficient (Wildman–Crippen LogP) is 2.92. The normalized spacial score (nSPS) is 23.7. The van der Waals surface area contributed by atoms with Crippen LogP contribution < -0.4 is 9.64 Å². The number of anilines is 1. The average Bonchev–Trinajstić information content (AvgIpc) is 2.36. The number of carbonyl (C=O) groups is 1. The van der Waals surface area contributed by atoms with Crippen molar-refractivity contribution in [3.05, 3.63) is 23.3 Å². The van der Waals surface area contributed by atoms with Gasteiger partial charge in [0.25, 0.3) is 0 Å². The van der Waals surface area contributed by atoms with Gasteiger partial charge in [-0.3, -0.25) is 0 Å². The number of ether oxygens (including phenoxy) is 2. The van der Waals surface area contributed by atoms with Gasteiger partial charge in [-0.1, -0.05) is 6.92 Å². The number of hydrogen-bond acceptors (Lipinski definition) is 4. The van der Waals surface area contributed by atoms with Crippen LogP contribution in [0.3, 0.4) is 0 Å². The van der Waals surface area contributed by atoms with E-state index >= 15 is 0 Å². The van der Waals surface area contributed by atoms with Gasteiger partial charge < -0.3 is 14.4 Å². The molecule has 2 aliphatic rings. The van der Waals surface area contributed by atoms with E-state index in [9.17, 15) is 4.79 Å². The lowest BCUT2D eigenvalue weighted by molar-refractivity contribution is 0.0444. The van der Waals surface area contributed by atoms with E-state index in [0.29, 0.717) is 18.2 Å². The van der Waals surface area contributed by atoms with E-state index in [2.05, 4.69) is 25.7 Å². The third-order valence-electron chi connectivity index (χ3n) is 4.23. The molecule has 1 unspecified atom stereocenters. The number of rotatable bonds is 1. The molecule has 0 fully saturated rings. The first-order valence-corrected chi connectivity index (χ1v) is 6.61. The Kier molecular flexibility index (Phi) is 2.52. The lowest BCUT2D eigenvalue weighted by atomic mass is 9.79. The van der Waals surface area contributed by atoms with Crippen molar-refractivity contribution in [1.29, 1.82) is 0 Å². The summed E-state index contributed by atoms with van der Waals surface area (Å²) >= 11 is 0. The zero-order valence-corrected chi connectivity index (χ0v) is 11.8. The van der Waals surface area contributed by atoms with Gasteiger partial charge >= 0.3 is 5.97 Å². The fraction of sp³-hybridized carbons (Fsp3) is 0.533. The number of benzene rings is 1. The molecule has 1 atom stereocenters. The van der Waals surface area contributed by atoms with Crippen LogP contribution in [0.2, 0.25) is 0 Å². The molecular weight excluding hydrogens is 242 g/mol. The van der Waals surface area contributed by atoms with Crippen LogP contribution in [0.5, 0.6) is 5.75 Å². The third kappa shape index (κ3) is 1.70. The summed E-state index contributed by atoms with van der Waals surface area (Å²) in [7, 11) is 1.62. The third-order valence-corrected chi connectivity index (χ3v) is 4.23. The maximum atomic E-state index is 12.0. The van der Waals surface area contributed by atoms with E-state index in [-0.39, 0.29) is 11.5 Å². The summed E-state index contributed by atoms with van der Waals surface area (Å²) in [5, 5.41) is 0. The lowest BCUT2D eigenvalue weighted by Crippen LogP contribution is -2.52. The molecule has 1 aromatic carbocycles. The highest BCUT2D eigenvalue weighted by Gasteiger charge is 2.42. The Bertz CT molecular complexity index is 551. The topological polar surface area (TPSA) is 38.8 Å². The number of carbonyl (C=O) groups excluding carboxylic acids is 1. The second kappa shape index (κ2) is 3.89. The molecular formula is C15H19NO3. The van der Waals surface area contributed by atoms with E-state index in [4.69, 9.17) is 9.47 Å². The fourth-order valence-electron chi connectivity index (χ4n) is 3.29. The van der Waals surface area contributed by atoms with Crippen molar-refractivity contribution in [2.75, 3.05) is 18.7 Å². The number of cyclic esters (lactones) is 1. The van der Waals surface area contributed by atoms with E-state index in [0.717, 1.165) is 17.9 Å². The van der Waals surface area contributed by atoms with Crippen LogP contribution in [-0.2, 0) is 4.74 Å². The van der Waals surface area contributed by atoms with Gasteiger partial charge in [0.05, 0.1) is 18.4 Å². The molecule has 0 radical (unpaired) electrons. The largest absolute Gasteiger partial charge is 0.497 e. The first kappa shape index (κ1) is 12.3. The van der Waals surface area contributed by atoms with Crippen molar-refractivity contribution in [2.24, 2.45) is 0 Å². The summed E-state index contributed by atoms with van der Waals surface area (Å²) in [5.74, 6) is 0.872. The van der Waals surface area contributed by atoms with Crippen LogP contribution in [0.4, 0.5) is 5.69 Å². The number of hydrogen-bond donors (Lipinski definition) is 0. The van der Waals surface area contributed by atoms with Crippen LogP contribution in [0.25, 0.3) is 0 Å². The Hall–Kier alpha value is -1.71. The predicted molar refractivity (Wildman–Crippen MR) is 72.9 cm³/mol. The minimum Gasteiger partial charge on any atom is -0.497 e. The SMILES string of the molecule is COc1cc2c3c(c1)C(C)CC(C)(C)N3COC2=O. The maximum absolute atomic E-state index is 12.0. The molecule has 0 aliphatic carbocycles. The average molecular weight is 261 g/mol. The van der Waals surface area contributed by atoms with Gasteiger partial charge in [0.15, 0.2) is 6.73 Å². The quantitative estimate of drug-likeness (QED) is 0.729. The van der Waals surface area contributed by atoms with Gasteiger partial charge in [0.2, 0.25) is 0 Å². The van der Waals surface area contributed by atoms with E-state index in [1.165, 1.54) is 5.56 Å². The highest BCUT2D eigenvalue weighted by atomic mass is 16.5. The molecule has 2 aliphatic heterocycles. The van der Waals surface area contributed by atoms with Gasteiger partial charge in [-0.25, -0.2) is 4.79 Å². The summed E-state index contributed by atoms with van der Waals surface area (Å²) in [4.78, 5) is 14.2. The molecule has 0 aromatic heterocycles. The molecule has 1 aromatic rings. The maximum Gasteiger partial charge on any atom is 0.342 e. The molecule has 3 rings (SSSR count). The molecule has 0 N–H and O–H groups in total. The molecule has 0 spiro atoms. The van der Waals surface area contributed by atoms with Crippen LogP contribution in [0.1, 0.15) is 49.0 Å². The zero-order chi connectivity index (χ0) is 13.8. The monoisotopic (exact) mass is 261 g/mol. The molecule has 4 nitrogen and oxygen atoms in total. The minimum atomic E-state index is -0.253. The van der Waals surface area contributed by atoms with Crippen LogP contribution in [0, 0.1) is 0 Å². The van der Waals surface area contributed by atoms with Crippen molar-refractivity contribution in [3.8, 4) is 5.75 Å². The van der Waals surface area contributed by atoms with Crippen molar-refractivity contribution in [3.63, 3.8) is 0 Å². The second-order valence-electron chi connectivity index (χ2n) is 6.02. The second-order valence-corrected chi connectivity index (χ2v) is 6.02. The lowest BCUT2D eigenvalue weighted by Gasteiger charge is -2.49. The molecule has 19 heavy (non-hydrogen) atoms. The highest BCUT2D eigenvalue weighted by molar-refractivity contribution is 5.99. The Balaban J connectivity index is 2.27. The standard InChI is InChI=1S/C15H19NO3/c1-9-7-15(2,3)16-8-19-14(17)12-6-10(18-4)5-11(9)13(12)16/h5-6,9H,7-8H2,1-4H3. The van der Waals surface area contributed by atoms with Crippen LogP contribution in [-0.4, -0.2) is 25.3 Å². The summed E-state index contributed by atoms with van der Waals surface area (Å²) in [5.41, 5.74) is 2.84. The molecule has 102 valence electrons. The van der Waals surface area contributed by atoms with Gasteiger partial charge in [0.1, 0.15) is 5.75 Å². The Morgan fingerprint density at radius 3 is 2.84 bits per heavy atom. The van der Waals surface area contributed by atoms with Crippen molar-refractivity contribution >= 4 is 11.7 Å². The molecule has 4 heteroatoms. The van der Waals surface area contributed by atoms with Gasteiger partial charge in [-0.05, 0) is 43.9 Å². The van der Waals surface area contributed by atoms with Gasteiger partial charge in [0, 0.05) is 5.54 Å². The molecule has 0 amide bonds. The minimum absolute atomic E-state index is 0.00352. The number of methoxy groups -OCH3 is 1. The van der Waals surface area contributed by atoms with Crippen LogP contribution >= 0.6 is 0 Å². The first-order valence-electron chi connectivity index (χ1n) is 6.61. The van der Waals surface area contributed by atoms with Crippen molar-refractivity contribution in [2.45, 2.75) is 38.6 Å². The smallest absolute Gasteiger partial charge is 0.342 e. The van der Waals surface area contributed by atoms with Crippen molar-refractivity contribution in [1.82, 2.24) is 0 Å². The van der Waals surface area contributed by atoms with Crippen LogP contribution in [0.15, 0.2) is 12.1 Å². The summed E-state index contributed by atoms with van der Waals surface area (Å²) in [6.45, 7) is 6.93. The summed E-state index contributed by atoms with van der Waals surface area (Å²) in [6.07, 6.45) is 1.03. The van der Waals surface area contributed by atoms with E-state index in [1.807, 2.05) is 6.07 Å². The molecule has 0 bridgehead atoms. The molecule has 0 saturated carbocycles. The van der Waals surface area contributed by atoms with Gasteiger partial charge in [-0.2, -0.15) is 0 Å².